The monoisotopic (exact) mass is 639 g/mol. The SMILES string of the molecule is CC(C)C[C@@H]1CN(C[C@H](N)Cc2ccc(Cl)cc2Cl)[C@@H](CCCNCCCCN)CN1CC(=O)c1ccc2ccccc2c1. The van der Waals surface area contributed by atoms with Gasteiger partial charge < -0.3 is 16.8 Å². The second kappa shape index (κ2) is 17.6. The van der Waals surface area contributed by atoms with Gasteiger partial charge in [-0.05, 0) is 98.6 Å². The molecule has 0 bridgehead atoms. The lowest BCUT2D eigenvalue weighted by Gasteiger charge is -2.47. The summed E-state index contributed by atoms with van der Waals surface area (Å²) in [4.78, 5) is 18.7. The van der Waals surface area contributed by atoms with Crippen LogP contribution in [0.25, 0.3) is 10.8 Å². The summed E-state index contributed by atoms with van der Waals surface area (Å²) in [6.45, 7) is 10.2. The van der Waals surface area contributed by atoms with Gasteiger partial charge in [-0.3, -0.25) is 14.6 Å². The molecule has 1 heterocycles. The van der Waals surface area contributed by atoms with Crippen LogP contribution in [0.1, 0.15) is 61.9 Å². The smallest absolute Gasteiger partial charge is 0.176 e. The van der Waals surface area contributed by atoms with Crippen molar-refractivity contribution in [3.05, 3.63) is 81.8 Å². The van der Waals surface area contributed by atoms with Crippen molar-refractivity contribution in [2.75, 3.05) is 45.8 Å². The molecule has 1 fully saturated rings. The molecule has 0 saturated carbocycles. The normalized spacial score (nSPS) is 18.7. The Bertz CT molecular complexity index is 1330. The second-order valence-corrected chi connectivity index (χ2v) is 13.7. The summed E-state index contributed by atoms with van der Waals surface area (Å²) < 4.78 is 0. The highest BCUT2D eigenvalue weighted by atomic mass is 35.5. The Hall–Kier alpha value is -2.03. The average Bonchev–Trinajstić information content (AvgIpc) is 2.99. The molecular formula is C36H51Cl2N5O. The highest BCUT2D eigenvalue weighted by Gasteiger charge is 2.35. The van der Waals surface area contributed by atoms with E-state index < -0.39 is 0 Å². The number of benzene rings is 3. The number of halogens is 2. The fourth-order valence-corrected chi connectivity index (χ4v) is 6.97. The van der Waals surface area contributed by atoms with Crippen LogP contribution in [0.4, 0.5) is 0 Å². The third-order valence-electron chi connectivity index (χ3n) is 8.75. The number of nitrogens with one attached hydrogen (secondary N) is 1. The van der Waals surface area contributed by atoms with Gasteiger partial charge in [-0.25, -0.2) is 0 Å². The van der Waals surface area contributed by atoms with E-state index in [9.17, 15) is 4.79 Å². The Morgan fingerprint density at radius 1 is 0.932 bits per heavy atom. The molecule has 44 heavy (non-hydrogen) atoms. The number of ketones is 1. The van der Waals surface area contributed by atoms with Gasteiger partial charge in [-0.15, -0.1) is 0 Å². The van der Waals surface area contributed by atoms with Gasteiger partial charge in [0.05, 0.1) is 6.54 Å². The third-order valence-corrected chi connectivity index (χ3v) is 9.34. The standard InChI is InChI=1S/C36H51Cl2N5O/c1-26(2)18-34-24-42(22-32(40)20-29-13-14-31(37)21-35(29)38)33(10-7-17-41-16-6-5-15-39)23-43(34)25-36(44)30-12-11-27-8-3-4-9-28(27)19-30/h3-4,8-9,11-14,19,21,26,32-34,41H,5-7,10,15-18,20,22-25,39-40H2,1-2H3/t32-,33+,34-/m1/s1. The van der Waals surface area contributed by atoms with Crippen LogP contribution in [0.15, 0.2) is 60.7 Å². The number of hydrogen-bond donors (Lipinski definition) is 3. The van der Waals surface area contributed by atoms with Crippen molar-refractivity contribution in [2.24, 2.45) is 17.4 Å². The minimum atomic E-state index is -0.0592. The van der Waals surface area contributed by atoms with Gasteiger partial charge in [-0.2, -0.15) is 0 Å². The van der Waals surface area contributed by atoms with E-state index in [1.54, 1.807) is 6.07 Å². The van der Waals surface area contributed by atoms with Gasteiger partial charge >= 0.3 is 0 Å². The largest absolute Gasteiger partial charge is 0.330 e. The number of Topliss-reactive ketones (excluding diaryl/α,β-unsaturated/α-hetero) is 1. The van der Waals surface area contributed by atoms with Crippen molar-refractivity contribution in [3.63, 3.8) is 0 Å². The summed E-state index contributed by atoms with van der Waals surface area (Å²) in [5.41, 5.74) is 14.3. The molecule has 0 unspecified atom stereocenters. The van der Waals surface area contributed by atoms with Crippen LogP contribution >= 0.6 is 23.2 Å². The zero-order valence-electron chi connectivity index (χ0n) is 26.5. The van der Waals surface area contributed by atoms with Crippen LogP contribution in [0, 0.1) is 5.92 Å². The fourth-order valence-electron chi connectivity index (χ4n) is 6.49. The van der Waals surface area contributed by atoms with Crippen molar-refractivity contribution in [1.82, 2.24) is 15.1 Å². The lowest BCUT2D eigenvalue weighted by Crippen LogP contribution is -2.61. The van der Waals surface area contributed by atoms with Crippen LogP contribution in [0.3, 0.4) is 0 Å². The van der Waals surface area contributed by atoms with Crippen LogP contribution < -0.4 is 16.8 Å². The van der Waals surface area contributed by atoms with E-state index in [4.69, 9.17) is 34.7 Å². The lowest BCUT2D eigenvalue weighted by atomic mass is 9.94. The summed E-state index contributed by atoms with van der Waals surface area (Å²) in [6, 6.07) is 20.5. The number of rotatable bonds is 17. The molecule has 1 aliphatic heterocycles. The molecule has 0 aromatic heterocycles. The number of piperazine rings is 1. The Kier molecular flexibility index (Phi) is 13.9. The Morgan fingerprint density at radius 3 is 2.43 bits per heavy atom. The lowest BCUT2D eigenvalue weighted by molar-refractivity contribution is 0.0141. The first kappa shape index (κ1) is 34.8. The Morgan fingerprint density at radius 2 is 1.68 bits per heavy atom. The van der Waals surface area contributed by atoms with Crippen molar-refractivity contribution in [2.45, 2.75) is 70.5 Å². The van der Waals surface area contributed by atoms with E-state index in [1.165, 1.54) is 0 Å². The quantitative estimate of drug-likeness (QED) is 0.117. The van der Waals surface area contributed by atoms with Gasteiger partial charge in [0.15, 0.2) is 5.78 Å². The number of carbonyl (C=O) groups is 1. The summed E-state index contributed by atoms with van der Waals surface area (Å²) in [5, 5.41) is 7.14. The van der Waals surface area contributed by atoms with Crippen molar-refractivity contribution in [1.29, 1.82) is 0 Å². The van der Waals surface area contributed by atoms with Gasteiger partial charge in [0.25, 0.3) is 0 Å². The number of nitrogens with two attached hydrogens (primary N) is 2. The Labute approximate surface area is 274 Å². The topological polar surface area (TPSA) is 87.6 Å². The molecule has 3 atom stereocenters. The molecule has 1 aliphatic rings. The van der Waals surface area contributed by atoms with Crippen LogP contribution in [-0.4, -0.2) is 79.5 Å². The van der Waals surface area contributed by atoms with E-state index in [1.807, 2.05) is 36.4 Å². The molecule has 6 nitrogen and oxygen atoms in total. The number of fused-ring (bicyclic) bond motifs is 1. The molecule has 3 aromatic rings. The number of carbonyl (C=O) groups excluding carboxylic acids is 1. The molecule has 0 radical (unpaired) electrons. The minimum Gasteiger partial charge on any atom is -0.330 e. The molecule has 4 rings (SSSR count). The third kappa shape index (κ3) is 10.5. The predicted molar refractivity (Wildman–Crippen MR) is 187 cm³/mol. The first-order valence-corrected chi connectivity index (χ1v) is 17.1. The maximum Gasteiger partial charge on any atom is 0.176 e. The number of nitrogens with zero attached hydrogens (tertiary/aromatic N) is 2. The van der Waals surface area contributed by atoms with Crippen molar-refractivity contribution >= 4 is 39.8 Å². The van der Waals surface area contributed by atoms with E-state index in [0.29, 0.717) is 35.0 Å². The van der Waals surface area contributed by atoms with E-state index in [0.717, 1.165) is 93.3 Å². The first-order chi connectivity index (χ1) is 21.2. The highest BCUT2D eigenvalue weighted by Crippen LogP contribution is 2.26. The number of unbranched alkanes of at least 4 members (excludes halogenated alkanes) is 1. The molecule has 0 amide bonds. The number of hydrogen-bond acceptors (Lipinski definition) is 6. The highest BCUT2D eigenvalue weighted by molar-refractivity contribution is 6.35. The van der Waals surface area contributed by atoms with Gasteiger partial charge in [0, 0.05) is 53.4 Å². The summed E-state index contributed by atoms with van der Waals surface area (Å²) >= 11 is 12.6. The molecule has 3 aromatic carbocycles. The van der Waals surface area contributed by atoms with Gasteiger partial charge in [0.1, 0.15) is 0 Å². The molecule has 5 N–H and O–H groups in total. The van der Waals surface area contributed by atoms with Crippen LogP contribution in [0.5, 0.6) is 0 Å². The van der Waals surface area contributed by atoms with Gasteiger partial charge in [-0.1, -0.05) is 79.5 Å². The maximum atomic E-state index is 13.7. The van der Waals surface area contributed by atoms with E-state index in [2.05, 4.69) is 47.2 Å². The van der Waals surface area contributed by atoms with Crippen LogP contribution in [-0.2, 0) is 6.42 Å². The zero-order valence-corrected chi connectivity index (χ0v) is 28.0. The molecular weight excluding hydrogens is 589 g/mol. The van der Waals surface area contributed by atoms with Crippen LogP contribution in [0.2, 0.25) is 10.0 Å². The summed E-state index contributed by atoms with van der Waals surface area (Å²) in [5.74, 6) is 0.711. The van der Waals surface area contributed by atoms with E-state index in [-0.39, 0.29) is 17.9 Å². The molecule has 8 heteroatoms. The molecule has 0 aliphatic carbocycles. The predicted octanol–water partition coefficient (Wildman–Crippen LogP) is 6.41. The van der Waals surface area contributed by atoms with Gasteiger partial charge in [0.2, 0.25) is 0 Å². The average molecular weight is 641 g/mol. The molecule has 240 valence electrons. The summed E-state index contributed by atoms with van der Waals surface area (Å²) in [7, 11) is 0. The fraction of sp³-hybridized carbons (Fsp3) is 0.528. The summed E-state index contributed by atoms with van der Waals surface area (Å²) in [6.07, 6.45) is 6.01. The first-order valence-electron chi connectivity index (χ1n) is 16.3. The Balaban J connectivity index is 1.47. The molecule has 1 saturated heterocycles. The maximum absolute atomic E-state index is 13.7. The van der Waals surface area contributed by atoms with E-state index >= 15 is 0 Å². The molecule has 0 spiro atoms. The second-order valence-electron chi connectivity index (χ2n) is 12.9. The van der Waals surface area contributed by atoms with Crippen molar-refractivity contribution < 1.29 is 4.79 Å². The minimum absolute atomic E-state index is 0.0592. The zero-order chi connectivity index (χ0) is 31.5. The van der Waals surface area contributed by atoms with Crippen molar-refractivity contribution in [3.8, 4) is 0 Å².